The Hall–Kier alpha value is -2.46. The largest absolute Gasteiger partial charge is 0.304 e. The van der Waals surface area contributed by atoms with E-state index >= 15 is 0 Å². The van der Waals surface area contributed by atoms with Gasteiger partial charge >= 0.3 is 0 Å². The topological polar surface area (TPSA) is 38.1 Å². The minimum atomic E-state index is -0.118. The molecular formula is C20H23N3O. The molecule has 124 valence electrons. The smallest absolute Gasteiger partial charge is 0.271 e. The first kappa shape index (κ1) is 16.4. The Morgan fingerprint density at radius 2 is 1.75 bits per heavy atom. The van der Waals surface area contributed by atoms with Crippen molar-refractivity contribution < 1.29 is 0 Å². The molecule has 0 spiro atoms. The summed E-state index contributed by atoms with van der Waals surface area (Å²) >= 11 is 0. The standard InChI is InChI=1S/C20H23N3O/c1-3-22(4-2)13-11-16-7-8-18-15-19(10-9-17(18)14-16)23-20(24)6-5-12-21-23/h5-10,12,14-15H,3-4,11,13H2,1-2H3. The molecule has 3 rings (SSSR count). The molecule has 4 nitrogen and oxygen atoms in total. The van der Waals surface area contributed by atoms with E-state index in [2.05, 4.69) is 48.1 Å². The first-order valence-electron chi connectivity index (χ1n) is 8.51. The van der Waals surface area contributed by atoms with E-state index in [-0.39, 0.29) is 5.56 Å². The highest BCUT2D eigenvalue weighted by Gasteiger charge is 2.04. The summed E-state index contributed by atoms with van der Waals surface area (Å²) in [4.78, 5) is 14.3. The van der Waals surface area contributed by atoms with E-state index in [4.69, 9.17) is 0 Å². The quantitative estimate of drug-likeness (QED) is 0.699. The Labute approximate surface area is 142 Å². The predicted molar refractivity (Wildman–Crippen MR) is 98.8 cm³/mol. The first-order valence-corrected chi connectivity index (χ1v) is 8.51. The van der Waals surface area contributed by atoms with E-state index < -0.39 is 0 Å². The molecule has 0 unspecified atom stereocenters. The van der Waals surface area contributed by atoms with Crippen LogP contribution in [0.5, 0.6) is 0 Å². The van der Waals surface area contributed by atoms with Crippen molar-refractivity contribution in [3.05, 3.63) is 70.6 Å². The summed E-state index contributed by atoms with van der Waals surface area (Å²) in [5.41, 5.74) is 2.02. The Morgan fingerprint density at radius 3 is 2.50 bits per heavy atom. The lowest BCUT2D eigenvalue weighted by atomic mass is 10.0. The molecule has 0 aliphatic heterocycles. The zero-order valence-electron chi connectivity index (χ0n) is 14.3. The SMILES string of the molecule is CCN(CC)CCc1ccc2cc(-n3ncccc3=O)ccc2c1. The van der Waals surface area contributed by atoms with Gasteiger partial charge in [0.2, 0.25) is 0 Å². The highest BCUT2D eigenvalue weighted by Crippen LogP contribution is 2.19. The van der Waals surface area contributed by atoms with E-state index in [0.29, 0.717) is 0 Å². The van der Waals surface area contributed by atoms with Crippen LogP contribution >= 0.6 is 0 Å². The van der Waals surface area contributed by atoms with E-state index in [0.717, 1.165) is 37.1 Å². The summed E-state index contributed by atoms with van der Waals surface area (Å²) in [5, 5.41) is 6.46. The second-order valence-corrected chi connectivity index (χ2v) is 5.92. The average Bonchev–Trinajstić information content (AvgIpc) is 2.62. The first-order chi connectivity index (χ1) is 11.7. The molecule has 0 saturated carbocycles. The van der Waals surface area contributed by atoms with E-state index in [9.17, 15) is 4.79 Å². The third-order valence-electron chi connectivity index (χ3n) is 4.46. The van der Waals surface area contributed by atoms with Crippen molar-refractivity contribution in [1.82, 2.24) is 14.7 Å². The van der Waals surface area contributed by atoms with Crippen molar-refractivity contribution in [3.8, 4) is 5.69 Å². The Kier molecular flexibility index (Phi) is 5.06. The lowest BCUT2D eigenvalue weighted by Crippen LogP contribution is -2.25. The maximum absolute atomic E-state index is 11.9. The lowest BCUT2D eigenvalue weighted by molar-refractivity contribution is 0.308. The van der Waals surface area contributed by atoms with E-state index in [1.807, 2.05) is 12.1 Å². The van der Waals surface area contributed by atoms with Gasteiger partial charge in [-0.15, -0.1) is 0 Å². The molecule has 0 radical (unpaired) electrons. The van der Waals surface area contributed by atoms with Crippen LogP contribution in [0.15, 0.2) is 59.5 Å². The number of rotatable bonds is 6. The highest BCUT2D eigenvalue weighted by molar-refractivity contribution is 5.85. The number of hydrogen-bond donors (Lipinski definition) is 0. The fourth-order valence-corrected chi connectivity index (χ4v) is 2.95. The molecule has 0 atom stereocenters. The molecule has 0 aliphatic rings. The van der Waals surface area contributed by atoms with E-state index in [1.54, 1.807) is 12.3 Å². The predicted octanol–water partition coefficient (Wildman–Crippen LogP) is 3.27. The summed E-state index contributed by atoms with van der Waals surface area (Å²) in [6.45, 7) is 7.66. The molecule has 4 heteroatoms. The number of likely N-dealkylation sites (N-methyl/N-ethyl adjacent to an activating group) is 1. The Morgan fingerprint density at radius 1 is 1.00 bits per heavy atom. The molecule has 3 aromatic rings. The molecule has 2 aromatic carbocycles. The Balaban J connectivity index is 1.86. The van der Waals surface area contributed by atoms with Crippen LogP contribution < -0.4 is 5.56 Å². The van der Waals surface area contributed by atoms with Crippen LogP contribution in [0.4, 0.5) is 0 Å². The van der Waals surface area contributed by atoms with Crippen molar-refractivity contribution in [2.75, 3.05) is 19.6 Å². The van der Waals surface area contributed by atoms with Gasteiger partial charge < -0.3 is 4.90 Å². The molecule has 0 N–H and O–H groups in total. The maximum atomic E-state index is 11.9. The number of hydrogen-bond acceptors (Lipinski definition) is 3. The number of fused-ring (bicyclic) bond motifs is 1. The molecule has 24 heavy (non-hydrogen) atoms. The average molecular weight is 321 g/mol. The zero-order chi connectivity index (χ0) is 16.9. The van der Waals surface area contributed by atoms with Crippen LogP contribution in [0, 0.1) is 0 Å². The molecule has 0 saturated heterocycles. The second-order valence-electron chi connectivity index (χ2n) is 5.92. The molecule has 1 aromatic heterocycles. The van der Waals surface area contributed by atoms with Gasteiger partial charge in [0.25, 0.3) is 5.56 Å². The van der Waals surface area contributed by atoms with Crippen molar-refractivity contribution in [1.29, 1.82) is 0 Å². The molecule has 0 bridgehead atoms. The van der Waals surface area contributed by atoms with Crippen molar-refractivity contribution in [3.63, 3.8) is 0 Å². The van der Waals surface area contributed by atoms with Crippen molar-refractivity contribution in [2.45, 2.75) is 20.3 Å². The third-order valence-corrected chi connectivity index (χ3v) is 4.46. The number of aromatic nitrogens is 2. The van der Waals surface area contributed by atoms with Gasteiger partial charge in [-0.25, -0.2) is 0 Å². The summed E-state index contributed by atoms with van der Waals surface area (Å²) in [7, 11) is 0. The van der Waals surface area contributed by atoms with E-state index in [1.165, 1.54) is 21.7 Å². The van der Waals surface area contributed by atoms with Gasteiger partial charge in [0, 0.05) is 18.8 Å². The van der Waals surface area contributed by atoms with Crippen LogP contribution in [-0.2, 0) is 6.42 Å². The molecular weight excluding hydrogens is 298 g/mol. The number of benzene rings is 2. The van der Waals surface area contributed by atoms with Crippen molar-refractivity contribution in [2.24, 2.45) is 0 Å². The van der Waals surface area contributed by atoms with Crippen LogP contribution in [0.3, 0.4) is 0 Å². The van der Waals surface area contributed by atoms with Crippen molar-refractivity contribution >= 4 is 10.8 Å². The van der Waals surface area contributed by atoms with Gasteiger partial charge in [0.15, 0.2) is 0 Å². The maximum Gasteiger partial charge on any atom is 0.271 e. The van der Waals surface area contributed by atoms with Crippen LogP contribution in [0.25, 0.3) is 16.5 Å². The summed E-state index contributed by atoms with van der Waals surface area (Å²) in [6.07, 6.45) is 2.68. The van der Waals surface area contributed by atoms with Gasteiger partial charge in [-0.1, -0.05) is 38.1 Å². The Bertz CT molecular complexity index is 881. The minimum absolute atomic E-state index is 0.118. The fourth-order valence-electron chi connectivity index (χ4n) is 2.95. The molecule has 0 aliphatic carbocycles. The van der Waals surface area contributed by atoms with Gasteiger partial charge in [0.1, 0.15) is 0 Å². The number of nitrogens with zero attached hydrogens (tertiary/aromatic N) is 3. The zero-order valence-corrected chi connectivity index (χ0v) is 14.3. The fraction of sp³-hybridized carbons (Fsp3) is 0.300. The highest BCUT2D eigenvalue weighted by atomic mass is 16.1. The van der Waals surface area contributed by atoms with Crippen LogP contribution in [0.2, 0.25) is 0 Å². The minimum Gasteiger partial charge on any atom is -0.304 e. The van der Waals surface area contributed by atoms with Gasteiger partial charge in [-0.3, -0.25) is 4.79 Å². The third kappa shape index (κ3) is 3.54. The summed E-state index contributed by atoms with van der Waals surface area (Å²) in [6, 6.07) is 15.7. The summed E-state index contributed by atoms with van der Waals surface area (Å²) < 4.78 is 1.42. The van der Waals surface area contributed by atoms with Gasteiger partial charge in [-0.05, 0) is 54.0 Å². The lowest BCUT2D eigenvalue weighted by Gasteiger charge is -2.17. The van der Waals surface area contributed by atoms with Crippen LogP contribution in [-0.4, -0.2) is 34.3 Å². The molecule has 0 amide bonds. The van der Waals surface area contributed by atoms with Gasteiger partial charge in [-0.2, -0.15) is 9.78 Å². The second kappa shape index (κ2) is 7.41. The monoisotopic (exact) mass is 321 g/mol. The molecule has 0 fully saturated rings. The van der Waals surface area contributed by atoms with Gasteiger partial charge in [0.05, 0.1) is 5.69 Å². The van der Waals surface area contributed by atoms with Crippen LogP contribution in [0.1, 0.15) is 19.4 Å². The normalized spacial score (nSPS) is 11.3. The summed E-state index contributed by atoms with van der Waals surface area (Å²) in [5.74, 6) is 0. The molecule has 1 heterocycles.